The van der Waals surface area contributed by atoms with Crippen molar-refractivity contribution in [2.24, 2.45) is 5.10 Å². The van der Waals surface area contributed by atoms with Gasteiger partial charge in [0.15, 0.2) is 0 Å². The normalized spacial score (nSPS) is 10.9. The third-order valence-electron chi connectivity index (χ3n) is 3.99. The van der Waals surface area contributed by atoms with Crippen LogP contribution in [0.3, 0.4) is 0 Å². The number of carbonyl (C=O) groups is 1. The van der Waals surface area contributed by atoms with Gasteiger partial charge in [0.25, 0.3) is 5.91 Å². The summed E-state index contributed by atoms with van der Waals surface area (Å²) in [7, 11) is 0. The van der Waals surface area contributed by atoms with Gasteiger partial charge in [-0.05, 0) is 36.4 Å². The summed E-state index contributed by atoms with van der Waals surface area (Å²) < 4.78 is 1.77. The molecule has 7 heteroatoms. The average Bonchev–Trinajstić information content (AvgIpc) is 3.20. The summed E-state index contributed by atoms with van der Waals surface area (Å²) in [6, 6.07) is 16.9. The molecule has 4 aromatic rings. The van der Waals surface area contributed by atoms with Crippen molar-refractivity contribution >= 4 is 12.1 Å². The number of rotatable bonds is 5. The predicted molar refractivity (Wildman–Crippen MR) is 106 cm³/mol. The summed E-state index contributed by atoms with van der Waals surface area (Å²) in [5, 5.41) is 8.75. The molecular formula is C21H16N6O. The van der Waals surface area contributed by atoms with E-state index in [1.807, 2.05) is 48.7 Å². The van der Waals surface area contributed by atoms with Gasteiger partial charge >= 0.3 is 0 Å². The van der Waals surface area contributed by atoms with Gasteiger partial charge in [0.05, 0.1) is 17.5 Å². The van der Waals surface area contributed by atoms with E-state index < -0.39 is 0 Å². The molecule has 0 radical (unpaired) electrons. The van der Waals surface area contributed by atoms with Crippen molar-refractivity contribution < 1.29 is 4.79 Å². The SMILES string of the molecule is O=C(N/N=C\c1cn(-c2ccccc2)nc1-c1cccnc1)c1cccnc1. The van der Waals surface area contributed by atoms with Gasteiger partial charge in [-0.2, -0.15) is 10.2 Å². The fraction of sp³-hybridized carbons (Fsp3) is 0. The Kier molecular flexibility index (Phi) is 4.97. The van der Waals surface area contributed by atoms with E-state index in [1.54, 1.807) is 41.6 Å². The number of benzene rings is 1. The first-order valence-electron chi connectivity index (χ1n) is 8.60. The van der Waals surface area contributed by atoms with Gasteiger partial charge in [0.1, 0.15) is 5.69 Å². The number of amides is 1. The Balaban J connectivity index is 1.63. The zero-order valence-electron chi connectivity index (χ0n) is 14.8. The molecular weight excluding hydrogens is 352 g/mol. The molecule has 0 aliphatic rings. The summed E-state index contributed by atoms with van der Waals surface area (Å²) in [5.74, 6) is -0.331. The van der Waals surface area contributed by atoms with Crippen molar-refractivity contribution in [3.63, 3.8) is 0 Å². The maximum absolute atomic E-state index is 12.1. The Bertz CT molecular complexity index is 1090. The lowest BCUT2D eigenvalue weighted by atomic mass is 10.1. The highest BCUT2D eigenvalue weighted by Gasteiger charge is 2.11. The molecule has 1 N–H and O–H groups in total. The van der Waals surface area contributed by atoms with Crippen molar-refractivity contribution in [2.45, 2.75) is 0 Å². The number of pyridine rings is 2. The second-order valence-corrected chi connectivity index (χ2v) is 5.90. The highest BCUT2D eigenvalue weighted by Crippen LogP contribution is 2.21. The van der Waals surface area contributed by atoms with Crippen LogP contribution in [0.1, 0.15) is 15.9 Å². The minimum absolute atomic E-state index is 0.331. The molecule has 0 aliphatic carbocycles. The first-order valence-corrected chi connectivity index (χ1v) is 8.60. The topological polar surface area (TPSA) is 85.1 Å². The third-order valence-corrected chi connectivity index (χ3v) is 3.99. The first-order chi connectivity index (χ1) is 13.8. The van der Waals surface area contributed by atoms with E-state index in [0.29, 0.717) is 5.56 Å². The second-order valence-electron chi connectivity index (χ2n) is 5.90. The van der Waals surface area contributed by atoms with Crippen LogP contribution in [0.15, 0.2) is 90.7 Å². The number of hydrogen-bond acceptors (Lipinski definition) is 5. The van der Waals surface area contributed by atoms with Crippen molar-refractivity contribution in [3.05, 3.63) is 96.7 Å². The number of nitrogens with one attached hydrogen (secondary N) is 1. The standard InChI is InChI=1S/C21H16N6O/c28-21(17-7-5-11-23-13-17)25-24-14-18-15-27(19-8-2-1-3-9-19)26-20(18)16-6-4-10-22-12-16/h1-15H,(H,25,28)/b24-14-. The number of aromatic nitrogens is 4. The van der Waals surface area contributed by atoms with Crippen LogP contribution in [-0.2, 0) is 0 Å². The molecule has 3 heterocycles. The molecule has 28 heavy (non-hydrogen) atoms. The largest absolute Gasteiger partial charge is 0.272 e. The van der Waals surface area contributed by atoms with Crippen LogP contribution in [0.2, 0.25) is 0 Å². The maximum atomic E-state index is 12.1. The average molecular weight is 368 g/mol. The molecule has 3 aromatic heterocycles. The molecule has 0 saturated heterocycles. The van der Waals surface area contributed by atoms with Gasteiger partial charge < -0.3 is 0 Å². The minimum Gasteiger partial charge on any atom is -0.267 e. The quantitative estimate of drug-likeness (QED) is 0.433. The van der Waals surface area contributed by atoms with Gasteiger partial charge in [-0.25, -0.2) is 10.1 Å². The van der Waals surface area contributed by atoms with E-state index in [0.717, 1.165) is 22.5 Å². The Hall–Kier alpha value is -4.13. The second kappa shape index (κ2) is 8.05. The minimum atomic E-state index is -0.331. The number of nitrogens with zero attached hydrogens (tertiary/aromatic N) is 5. The molecule has 4 rings (SSSR count). The van der Waals surface area contributed by atoms with Crippen molar-refractivity contribution in [3.8, 4) is 16.9 Å². The number of hydrogen-bond donors (Lipinski definition) is 1. The lowest BCUT2D eigenvalue weighted by molar-refractivity contribution is 0.0955. The summed E-state index contributed by atoms with van der Waals surface area (Å²) in [6.07, 6.45) is 9.97. The third kappa shape index (κ3) is 3.83. The Morgan fingerprint density at radius 2 is 1.75 bits per heavy atom. The number of para-hydroxylation sites is 1. The van der Waals surface area contributed by atoms with Crippen LogP contribution in [0, 0.1) is 0 Å². The van der Waals surface area contributed by atoms with Gasteiger partial charge in [0, 0.05) is 42.1 Å². The van der Waals surface area contributed by atoms with Crippen LogP contribution < -0.4 is 5.43 Å². The first kappa shape index (κ1) is 17.3. The van der Waals surface area contributed by atoms with Crippen LogP contribution >= 0.6 is 0 Å². The Morgan fingerprint density at radius 1 is 0.964 bits per heavy atom. The molecule has 0 spiro atoms. The van der Waals surface area contributed by atoms with Crippen LogP contribution in [0.4, 0.5) is 0 Å². The van der Waals surface area contributed by atoms with Gasteiger partial charge in [-0.1, -0.05) is 18.2 Å². The maximum Gasteiger partial charge on any atom is 0.272 e. The van der Waals surface area contributed by atoms with Crippen LogP contribution in [0.5, 0.6) is 0 Å². The summed E-state index contributed by atoms with van der Waals surface area (Å²) >= 11 is 0. The summed E-state index contributed by atoms with van der Waals surface area (Å²) in [4.78, 5) is 20.2. The van der Waals surface area contributed by atoms with Gasteiger partial charge in [0.2, 0.25) is 0 Å². The molecule has 7 nitrogen and oxygen atoms in total. The van der Waals surface area contributed by atoms with Crippen molar-refractivity contribution in [1.82, 2.24) is 25.2 Å². The van der Waals surface area contributed by atoms with E-state index in [4.69, 9.17) is 0 Å². The number of carbonyl (C=O) groups excluding carboxylic acids is 1. The molecule has 0 bridgehead atoms. The lowest BCUT2D eigenvalue weighted by Gasteiger charge is -2.00. The molecule has 1 aromatic carbocycles. The fourth-order valence-corrected chi connectivity index (χ4v) is 2.64. The van der Waals surface area contributed by atoms with Crippen molar-refractivity contribution in [1.29, 1.82) is 0 Å². The van der Waals surface area contributed by atoms with Crippen molar-refractivity contribution in [2.75, 3.05) is 0 Å². The molecule has 0 fully saturated rings. The van der Waals surface area contributed by atoms with Crippen LogP contribution in [-0.4, -0.2) is 31.9 Å². The summed E-state index contributed by atoms with van der Waals surface area (Å²) in [5.41, 5.74) is 6.20. The van der Waals surface area contributed by atoms with E-state index in [2.05, 4.69) is 25.6 Å². The zero-order chi connectivity index (χ0) is 19.2. The summed E-state index contributed by atoms with van der Waals surface area (Å²) in [6.45, 7) is 0. The molecule has 0 saturated carbocycles. The fourth-order valence-electron chi connectivity index (χ4n) is 2.64. The highest BCUT2D eigenvalue weighted by atomic mass is 16.2. The van der Waals surface area contributed by atoms with E-state index in [1.165, 1.54) is 6.20 Å². The number of hydrazone groups is 1. The smallest absolute Gasteiger partial charge is 0.267 e. The van der Waals surface area contributed by atoms with Gasteiger partial charge in [-0.3, -0.25) is 14.8 Å². The molecule has 1 amide bonds. The Labute approximate surface area is 161 Å². The molecule has 0 atom stereocenters. The van der Waals surface area contributed by atoms with Crippen LogP contribution in [0.25, 0.3) is 16.9 Å². The van der Waals surface area contributed by atoms with E-state index >= 15 is 0 Å². The predicted octanol–water partition coefficient (Wildman–Crippen LogP) is 3.09. The van der Waals surface area contributed by atoms with E-state index in [-0.39, 0.29) is 5.91 Å². The molecule has 0 aliphatic heterocycles. The molecule has 136 valence electrons. The zero-order valence-corrected chi connectivity index (χ0v) is 14.8. The monoisotopic (exact) mass is 368 g/mol. The molecule has 0 unspecified atom stereocenters. The van der Waals surface area contributed by atoms with E-state index in [9.17, 15) is 4.79 Å². The lowest BCUT2D eigenvalue weighted by Crippen LogP contribution is -2.17. The Morgan fingerprint density at radius 3 is 2.46 bits per heavy atom. The highest BCUT2D eigenvalue weighted by molar-refractivity contribution is 5.95. The van der Waals surface area contributed by atoms with Gasteiger partial charge in [-0.15, -0.1) is 0 Å².